The number of nitrogen functional groups attached to an aromatic ring is 1. The summed E-state index contributed by atoms with van der Waals surface area (Å²) in [6, 6.07) is 4.40. The van der Waals surface area contributed by atoms with Crippen LogP contribution in [0.5, 0.6) is 0 Å². The van der Waals surface area contributed by atoms with Gasteiger partial charge in [-0.15, -0.1) is 0 Å². The van der Waals surface area contributed by atoms with Crippen molar-refractivity contribution in [1.29, 1.82) is 5.41 Å². The first kappa shape index (κ1) is 10.9. The van der Waals surface area contributed by atoms with Gasteiger partial charge in [0.15, 0.2) is 0 Å². The normalized spacial score (nSPS) is 24.8. The number of hydrogen-bond donors (Lipinski definition) is 2. The van der Waals surface area contributed by atoms with Crippen molar-refractivity contribution in [2.45, 2.75) is 26.3 Å². The van der Waals surface area contributed by atoms with E-state index in [0.717, 1.165) is 12.2 Å². The molecule has 2 atom stereocenters. The number of nitrogens with two attached hydrogens (primary N) is 1. The van der Waals surface area contributed by atoms with Crippen molar-refractivity contribution in [3.05, 3.63) is 24.0 Å². The zero-order valence-corrected chi connectivity index (χ0v) is 9.77. The third-order valence-corrected chi connectivity index (χ3v) is 3.13. The Labute approximate surface area is 96.0 Å². The van der Waals surface area contributed by atoms with E-state index in [0.29, 0.717) is 17.7 Å². The molecule has 0 saturated carbocycles. The van der Waals surface area contributed by atoms with Gasteiger partial charge in [-0.2, -0.15) is 0 Å². The summed E-state index contributed by atoms with van der Waals surface area (Å²) in [5.41, 5.74) is 7.15. The molecule has 0 aliphatic carbocycles. The van der Waals surface area contributed by atoms with Crippen LogP contribution in [0.4, 0.5) is 5.69 Å². The number of nitrogens with zero attached hydrogens (tertiary/aromatic N) is 2. The number of hydrogen-bond acceptors (Lipinski definition) is 3. The summed E-state index contributed by atoms with van der Waals surface area (Å²) in [7, 11) is 0. The average Bonchev–Trinajstić information content (AvgIpc) is 2.57. The molecule has 1 aliphatic rings. The maximum atomic E-state index is 7.54. The highest BCUT2D eigenvalue weighted by atomic mass is 15.2. The van der Waals surface area contributed by atoms with Gasteiger partial charge in [0.2, 0.25) is 0 Å². The summed E-state index contributed by atoms with van der Waals surface area (Å²) in [6.45, 7) is 5.48. The van der Waals surface area contributed by atoms with E-state index in [1.54, 1.807) is 6.20 Å². The van der Waals surface area contributed by atoms with Gasteiger partial charge >= 0.3 is 0 Å². The van der Waals surface area contributed by atoms with Gasteiger partial charge in [-0.1, -0.05) is 6.92 Å². The smallest absolute Gasteiger partial charge is 0.143 e. The van der Waals surface area contributed by atoms with Crippen LogP contribution in [0.15, 0.2) is 18.3 Å². The third-order valence-electron chi connectivity index (χ3n) is 3.13. The zero-order chi connectivity index (χ0) is 11.7. The highest BCUT2D eigenvalue weighted by molar-refractivity contribution is 5.98. The summed E-state index contributed by atoms with van der Waals surface area (Å²) in [4.78, 5) is 6.49. The van der Waals surface area contributed by atoms with Crippen LogP contribution in [0.1, 0.15) is 26.0 Å². The Morgan fingerprint density at radius 3 is 2.88 bits per heavy atom. The van der Waals surface area contributed by atoms with E-state index in [1.807, 2.05) is 12.1 Å². The second-order valence-electron chi connectivity index (χ2n) is 4.63. The Kier molecular flexibility index (Phi) is 2.81. The molecular formula is C12H18N4. The number of nitrogens with one attached hydrogen (secondary N) is 1. The Morgan fingerprint density at radius 1 is 1.56 bits per heavy atom. The predicted molar refractivity (Wildman–Crippen MR) is 65.8 cm³/mol. The first-order valence-electron chi connectivity index (χ1n) is 5.65. The Hall–Kier alpha value is -1.58. The van der Waals surface area contributed by atoms with Gasteiger partial charge in [-0.3, -0.25) is 10.4 Å². The van der Waals surface area contributed by atoms with Gasteiger partial charge in [-0.05, 0) is 31.4 Å². The van der Waals surface area contributed by atoms with Gasteiger partial charge < -0.3 is 10.6 Å². The second-order valence-corrected chi connectivity index (χ2v) is 4.63. The van der Waals surface area contributed by atoms with E-state index in [1.165, 1.54) is 6.42 Å². The first-order valence-corrected chi connectivity index (χ1v) is 5.65. The molecule has 0 amide bonds. The van der Waals surface area contributed by atoms with Crippen molar-refractivity contribution in [1.82, 2.24) is 4.98 Å². The number of aromatic nitrogens is 1. The van der Waals surface area contributed by atoms with Crippen LogP contribution in [0.2, 0.25) is 0 Å². The lowest BCUT2D eigenvalue weighted by molar-refractivity contribution is 0.625. The fourth-order valence-electron chi connectivity index (χ4n) is 2.47. The average molecular weight is 218 g/mol. The van der Waals surface area contributed by atoms with E-state index < -0.39 is 0 Å². The van der Waals surface area contributed by atoms with Gasteiger partial charge in [0.1, 0.15) is 11.5 Å². The largest absolute Gasteiger partial charge is 0.382 e. The van der Waals surface area contributed by atoms with Crippen molar-refractivity contribution in [2.75, 3.05) is 11.4 Å². The molecule has 2 rings (SSSR count). The topological polar surface area (TPSA) is 66.0 Å². The number of rotatable bonds is 2. The molecule has 2 heterocycles. The molecule has 4 heteroatoms. The van der Waals surface area contributed by atoms with Crippen LogP contribution < -0.4 is 10.6 Å². The van der Waals surface area contributed by atoms with Crippen LogP contribution in [0.3, 0.4) is 0 Å². The van der Waals surface area contributed by atoms with Gasteiger partial charge in [0, 0.05) is 18.8 Å². The van der Waals surface area contributed by atoms with Crippen molar-refractivity contribution in [3.63, 3.8) is 0 Å². The standard InChI is InChI=1S/C12H18N4/c1-8-6-9(2)16(7-8)10-4-3-5-15-11(10)12(13)14/h3-5,8-9H,6-7H2,1-2H3,(H3,13,14). The maximum Gasteiger partial charge on any atom is 0.143 e. The highest BCUT2D eigenvalue weighted by Gasteiger charge is 2.28. The van der Waals surface area contributed by atoms with Crippen LogP contribution >= 0.6 is 0 Å². The number of anilines is 1. The van der Waals surface area contributed by atoms with E-state index in [4.69, 9.17) is 11.1 Å². The van der Waals surface area contributed by atoms with E-state index in [9.17, 15) is 0 Å². The number of pyridine rings is 1. The first-order chi connectivity index (χ1) is 7.59. The molecule has 1 aliphatic heterocycles. The molecule has 1 saturated heterocycles. The molecule has 86 valence electrons. The van der Waals surface area contributed by atoms with Crippen LogP contribution in [0, 0.1) is 11.3 Å². The van der Waals surface area contributed by atoms with Crippen molar-refractivity contribution >= 4 is 11.5 Å². The van der Waals surface area contributed by atoms with Gasteiger partial charge in [0.25, 0.3) is 0 Å². The monoisotopic (exact) mass is 218 g/mol. The molecule has 0 aromatic carbocycles. The summed E-state index contributed by atoms with van der Waals surface area (Å²) in [5, 5.41) is 7.54. The van der Waals surface area contributed by atoms with E-state index >= 15 is 0 Å². The lowest BCUT2D eigenvalue weighted by atomic mass is 10.1. The lowest BCUT2D eigenvalue weighted by Crippen LogP contribution is -2.30. The summed E-state index contributed by atoms with van der Waals surface area (Å²) >= 11 is 0. The van der Waals surface area contributed by atoms with Gasteiger partial charge in [-0.25, -0.2) is 0 Å². The molecule has 1 aromatic heterocycles. The van der Waals surface area contributed by atoms with Gasteiger partial charge in [0.05, 0.1) is 5.69 Å². The molecule has 0 radical (unpaired) electrons. The third kappa shape index (κ3) is 1.87. The maximum absolute atomic E-state index is 7.54. The number of amidine groups is 1. The Balaban J connectivity index is 2.36. The Morgan fingerprint density at radius 2 is 2.31 bits per heavy atom. The highest BCUT2D eigenvalue weighted by Crippen LogP contribution is 2.29. The summed E-state index contributed by atoms with van der Waals surface area (Å²) in [5.74, 6) is 0.734. The minimum Gasteiger partial charge on any atom is -0.382 e. The molecule has 4 nitrogen and oxygen atoms in total. The quantitative estimate of drug-likeness (QED) is 0.585. The van der Waals surface area contributed by atoms with Crippen molar-refractivity contribution < 1.29 is 0 Å². The lowest BCUT2D eigenvalue weighted by Gasteiger charge is -2.25. The summed E-state index contributed by atoms with van der Waals surface area (Å²) in [6.07, 6.45) is 2.87. The molecule has 3 N–H and O–H groups in total. The van der Waals surface area contributed by atoms with Crippen LogP contribution in [-0.4, -0.2) is 23.4 Å². The molecule has 2 unspecified atom stereocenters. The molecule has 16 heavy (non-hydrogen) atoms. The fraction of sp³-hybridized carbons (Fsp3) is 0.500. The molecule has 0 spiro atoms. The minimum atomic E-state index is 0.0438. The van der Waals surface area contributed by atoms with Crippen molar-refractivity contribution in [2.24, 2.45) is 11.7 Å². The van der Waals surface area contributed by atoms with Crippen molar-refractivity contribution in [3.8, 4) is 0 Å². The molecule has 0 bridgehead atoms. The van der Waals surface area contributed by atoms with E-state index in [2.05, 4.69) is 23.7 Å². The minimum absolute atomic E-state index is 0.0438. The molecule has 1 fully saturated rings. The predicted octanol–water partition coefficient (Wildman–Crippen LogP) is 1.60. The Bertz CT molecular complexity index is 402. The molecule has 1 aromatic rings. The summed E-state index contributed by atoms with van der Waals surface area (Å²) < 4.78 is 0. The molecular weight excluding hydrogens is 200 g/mol. The van der Waals surface area contributed by atoms with Crippen LogP contribution in [-0.2, 0) is 0 Å². The van der Waals surface area contributed by atoms with E-state index in [-0.39, 0.29) is 5.84 Å². The van der Waals surface area contributed by atoms with Crippen LogP contribution in [0.25, 0.3) is 0 Å². The second kappa shape index (κ2) is 4.12. The SMILES string of the molecule is CC1CC(C)N(c2cccnc2C(=N)N)C1. The zero-order valence-electron chi connectivity index (χ0n) is 9.77. The fourth-order valence-corrected chi connectivity index (χ4v) is 2.47.